The largest absolute Gasteiger partial charge is 0.389 e. The van der Waals surface area contributed by atoms with Crippen LogP contribution >= 0.6 is 28.1 Å². The van der Waals surface area contributed by atoms with Crippen LogP contribution in [0.4, 0.5) is 5.69 Å². The highest BCUT2D eigenvalue weighted by Crippen LogP contribution is 2.22. The van der Waals surface area contributed by atoms with Crippen LogP contribution in [-0.2, 0) is 4.79 Å². The molecule has 19 heavy (non-hydrogen) atoms. The zero-order chi connectivity index (χ0) is 14.4. The number of anilines is 1. The van der Waals surface area contributed by atoms with Crippen molar-refractivity contribution in [3.05, 3.63) is 28.2 Å². The van der Waals surface area contributed by atoms with Gasteiger partial charge in [0.25, 0.3) is 0 Å². The van der Waals surface area contributed by atoms with Gasteiger partial charge in [0, 0.05) is 22.3 Å². The lowest BCUT2D eigenvalue weighted by molar-refractivity contribution is -0.121. The van der Waals surface area contributed by atoms with Crippen LogP contribution in [0.25, 0.3) is 0 Å². The lowest BCUT2D eigenvalue weighted by Gasteiger charge is -2.17. The number of rotatable bonds is 6. The smallest absolute Gasteiger partial charge is 0.242 e. The van der Waals surface area contributed by atoms with Crippen LogP contribution in [0.1, 0.15) is 25.8 Å². The number of hydrogen-bond donors (Lipinski definition) is 3. The summed E-state index contributed by atoms with van der Waals surface area (Å²) in [7, 11) is 0. The molecule has 0 fully saturated rings. The van der Waals surface area contributed by atoms with Crippen molar-refractivity contribution in [2.75, 3.05) is 11.9 Å². The summed E-state index contributed by atoms with van der Waals surface area (Å²) < 4.78 is 0.899. The van der Waals surface area contributed by atoms with Crippen LogP contribution < -0.4 is 16.4 Å². The van der Waals surface area contributed by atoms with E-state index in [0.29, 0.717) is 11.5 Å². The van der Waals surface area contributed by atoms with E-state index >= 15 is 0 Å². The van der Waals surface area contributed by atoms with E-state index in [0.717, 1.165) is 22.1 Å². The van der Waals surface area contributed by atoms with E-state index in [9.17, 15) is 4.79 Å². The zero-order valence-electron chi connectivity index (χ0n) is 11.0. The monoisotopic (exact) mass is 343 g/mol. The highest BCUT2D eigenvalue weighted by molar-refractivity contribution is 9.10. The summed E-state index contributed by atoms with van der Waals surface area (Å²) in [5, 5.41) is 5.97. The Hall–Kier alpha value is -1.14. The molecule has 1 aromatic rings. The van der Waals surface area contributed by atoms with Crippen LogP contribution in [0.3, 0.4) is 0 Å². The first-order valence-electron chi connectivity index (χ1n) is 6.09. The fourth-order valence-electron chi connectivity index (χ4n) is 1.55. The molecule has 4 nitrogen and oxygen atoms in total. The van der Waals surface area contributed by atoms with Crippen molar-refractivity contribution in [2.24, 2.45) is 5.73 Å². The number of amides is 1. The fourth-order valence-corrected chi connectivity index (χ4v) is 2.09. The molecule has 0 aliphatic rings. The van der Waals surface area contributed by atoms with E-state index in [1.165, 1.54) is 0 Å². The van der Waals surface area contributed by atoms with Crippen molar-refractivity contribution in [3.63, 3.8) is 0 Å². The van der Waals surface area contributed by atoms with Gasteiger partial charge in [-0.05, 0) is 31.5 Å². The Morgan fingerprint density at radius 1 is 1.53 bits per heavy atom. The van der Waals surface area contributed by atoms with E-state index in [-0.39, 0.29) is 11.9 Å². The summed E-state index contributed by atoms with van der Waals surface area (Å²) in [4.78, 5) is 12.1. The highest BCUT2D eigenvalue weighted by Gasteiger charge is 2.14. The van der Waals surface area contributed by atoms with Crippen molar-refractivity contribution >= 4 is 44.7 Å². The molecule has 0 aliphatic heterocycles. The lowest BCUT2D eigenvalue weighted by atomic mass is 10.1. The molecule has 104 valence electrons. The third kappa shape index (κ3) is 4.80. The molecule has 1 rings (SSSR count). The quantitative estimate of drug-likeness (QED) is 0.694. The summed E-state index contributed by atoms with van der Waals surface area (Å²) in [6, 6.07) is 5.19. The number of nitrogens with one attached hydrogen (secondary N) is 2. The Bertz CT molecular complexity index is 479. The molecule has 1 amide bonds. The average molecular weight is 344 g/mol. The van der Waals surface area contributed by atoms with Crippen molar-refractivity contribution in [1.29, 1.82) is 0 Å². The Kier molecular flexibility index (Phi) is 6.24. The molecule has 0 spiro atoms. The highest BCUT2D eigenvalue weighted by atomic mass is 79.9. The molecule has 0 bridgehead atoms. The van der Waals surface area contributed by atoms with Crippen molar-refractivity contribution in [2.45, 2.75) is 26.3 Å². The molecule has 0 aliphatic carbocycles. The van der Waals surface area contributed by atoms with Gasteiger partial charge < -0.3 is 16.4 Å². The van der Waals surface area contributed by atoms with Crippen molar-refractivity contribution in [1.82, 2.24) is 5.32 Å². The minimum absolute atomic E-state index is 0.0456. The predicted octanol–water partition coefficient (Wildman–Crippen LogP) is 2.41. The first kappa shape index (κ1) is 15.9. The second kappa shape index (κ2) is 7.45. The standard InChI is InChI=1S/C13H18BrN3OS/c1-3-6-16-13(18)8(2)17-11-7-9(14)4-5-10(11)12(15)19/h4-5,7-8,17H,3,6H2,1-2H3,(H2,15,19)(H,16,18). The molecule has 0 aromatic heterocycles. The summed E-state index contributed by atoms with van der Waals surface area (Å²) >= 11 is 8.39. The molecule has 6 heteroatoms. The van der Waals surface area contributed by atoms with E-state index < -0.39 is 0 Å². The SMILES string of the molecule is CCCNC(=O)C(C)Nc1cc(Br)ccc1C(N)=S. The molecule has 1 atom stereocenters. The van der Waals surface area contributed by atoms with Crippen LogP contribution in [0.2, 0.25) is 0 Å². The van der Waals surface area contributed by atoms with Gasteiger partial charge in [0.05, 0.1) is 0 Å². The van der Waals surface area contributed by atoms with Gasteiger partial charge in [-0.1, -0.05) is 35.1 Å². The van der Waals surface area contributed by atoms with Gasteiger partial charge in [-0.25, -0.2) is 0 Å². The molecule has 0 saturated heterocycles. The Labute approximate surface area is 127 Å². The number of benzene rings is 1. The fraction of sp³-hybridized carbons (Fsp3) is 0.385. The summed E-state index contributed by atoms with van der Waals surface area (Å²) in [5.41, 5.74) is 7.15. The second-order valence-electron chi connectivity index (χ2n) is 4.21. The van der Waals surface area contributed by atoms with Crippen LogP contribution in [-0.4, -0.2) is 23.5 Å². The van der Waals surface area contributed by atoms with Gasteiger partial charge in [0.2, 0.25) is 5.91 Å². The van der Waals surface area contributed by atoms with Gasteiger partial charge >= 0.3 is 0 Å². The number of carbonyl (C=O) groups excluding carboxylic acids is 1. The molecule has 1 unspecified atom stereocenters. The van der Waals surface area contributed by atoms with Gasteiger partial charge in [0.1, 0.15) is 11.0 Å². The average Bonchev–Trinajstić information content (AvgIpc) is 2.35. The number of nitrogens with two attached hydrogens (primary N) is 1. The number of hydrogen-bond acceptors (Lipinski definition) is 3. The van der Waals surface area contributed by atoms with Crippen LogP contribution in [0, 0.1) is 0 Å². The van der Waals surface area contributed by atoms with Gasteiger partial charge in [-0.15, -0.1) is 0 Å². The number of thiocarbonyl (C=S) groups is 1. The Morgan fingerprint density at radius 2 is 2.21 bits per heavy atom. The third-order valence-corrected chi connectivity index (χ3v) is 3.27. The number of halogens is 1. The minimum atomic E-state index is -0.353. The normalized spacial score (nSPS) is 11.7. The van der Waals surface area contributed by atoms with Gasteiger partial charge in [-0.3, -0.25) is 4.79 Å². The maximum Gasteiger partial charge on any atom is 0.242 e. The summed E-state index contributed by atoms with van der Waals surface area (Å²) in [6.45, 7) is 4.48. The van der Waals surface area contributed by atoms with E-state index in [1.807, 2.05) is 25.1 Å². The molecule has 1 aromatic carbocycles. The first-order valence-corrected chi connectivity index (χ1v) is 7.29. The second-order valence-corrected chi connectivity index (χ2v) is 5.57. The van der Waals surface area contributed by atoms with E-state index in [4.69, 9.17) is 18.0 Å². The molecule has 0 heterocycles. The first-order chi connectivity index (χ1) is 8.95. The van der Waals surface area contributed by atoms with Crippen LogP contribution in [0.15, 0.2) is 22.7 Å². The molecular weight excluding hydrogens is 326 g/mol. The third-order valence-electron chi connectivity index (χ3n) is 2.56. The van der Waals surface area contributed by atoms with Gasteiger partial charge in [-0.2, -0.15) is 0 Å². The minimum Gasteiger partial charge on any atom is -0.389 e. The maximum absolute atomic E-state index is 11.8. The van der Waals surface area contributed by atoms with Crippen LogP contribution in [0.5, 0.6) is 0 Å². The molecular formula is C13H18BrN3OS. The van der Waals surface area contributed by atoms with E-state index in [2.05, 4.69) is 26.6 Å². The molecule has 4 N–H and O–H groups in total. The number of carbonyl (C=O) groups is 1. The topological polar surface area (TPSA) is 67.2 Å². The van der Waals surface area contributed by atoms with Gasteiger partial charge in [0.15, 0.2) is 0 Å². The molecule has 0 saturated carbocycles. The van der Waals surface area contributed by atoms with Crippen molar-refractivity contribution in [3.8, 4) is 0 Å². The van der Waals surface area contributed by atoms with Crippen molar-refractivity contribution < 1.29 is 4.79 Å². The Morgan fingerprint density at radius 3 is 2.79 bits per heavy atom. The maximum atomic E-state index is 11.8. The molecule has 0 radical (unpaired) electrons. The summed E-state index contributed by atoms with van der Waals surface area (Å²) in [6.07, 6.45) is 0.910. The summed E-state index contributed by atoms with van der Waals surface area (Å²) in [5.74, 6) is -0.0456. The Balaban J connectivity index is 2.83. The predicted molar refractivity (Wildman–Crippen MR) is 86.4 cm³/mol. The van der Waals surface area contributed by atoms with E-state index in [1.54, 1.807) is 6.92 Å². The zero-order valence-corrected chi connectivity index (χ0v) is 13.4. The lowest BCUT2D eigenvalue weighted by Crippen LogP contribution is -2.38.